The molecule has 0 unspecified atom stereocenters. The van der Waals surface area contributed by atoms with Gasteiger partial charge in [-0.05, 0) is 38.4 Å². The average Bonchev–Trinajstić information content (AvgIpc) is 2.47. The molecule has 112 valence electrons. The van der Waals surface area contributed by atoms with Crippen LogP contribution >= 0.6 is 0 Å². The molecule has 0 aliphatic heterocycles. The van der Waals surface area contributed by atoms with Crippen molar-refractivity contribution in [1.29, 1.82) is 5.26 Å². The second-order valence-corrected chi connectivity index (χ2v) is 4.99. The Morgan fingerprint density at radius 1 is 1.27 bits per heavy atom. The number of benzene rings is 1. The van der Waals surface area contributed by atoms with Crippen molar-refractivity contribution in [1.82, 2.24) is 14.5 Å². The number of carbonyl (C=O) groups is 1. The summed E-state index contributed by atoms with van der Waals surface area (Å²) in [6, 6.07) is 8.10. The largest absolute Gasteiger partial charge is 0.332 e. The highest BCUT2D eigenvalue weighted by Gasteiger charge is 2.09. The van der Waals surface area contributed by atoms with Crippen LogP contribution in [0.4, 0.5) is 0 Å². The Kier molecular flexibility index (Phi) is 4.34. The van der Waals surface area contributed by atoms with Crippen LogP contribution in [0.2, 0.25) is 0 Å². The minimum atomic E-state index is -0.721. The summed E-state index contributed by atoms with van der Waals surface area (Å²) in [4.78, 5) is 38.9. The van der Waals surface area contributed by atoms with E-state index in [-0.39, 0.29) is 17.9 Å². The summed E-state index contributed by atoms with van der Waals surface area (Å²) >= 11 is 0. The lowest BCUT2D eigenvalue weighted by Crippen LogP contribution is -2.30. The van der Waals surface area contributed by atoms with Gasteiger partial charge < -0.3 is 4.90 Å². The number of hydrogen-bond acceptors (Lipinski definition) is 5. The molecule has 0 radical (unpaired) electrons. The van der Waals surface area contributed by atoms with Gasteiger partial charge >= 0.3 is 5.69 Å². The van der Waals surface area contributed by atoms with Crippen molar-refractivity contribution in [2.45, 2.75) is 0 Å². The van der Waals surface area contributed by atoms with E-state index in [0.29, 0.717) is 11.3 Å². The predicted molar refractivity (Wildman–Crippen MR) is 80.3 cm³/mol. The molecule has 1 aromatic carbocycles. The van der Waals surface area contributed by atoms with Crippen LogP contribution in [-0.4, -0.2) is 40.9 Å². The number of ketones is 1. The third-order valence-corrected chi connectivity index (χ3v) is 2.99. The summed E-state index contributed by atoms with van der Waals surface area (Å²) in [5, 5.41) is 8.85. The van der Waals surface area contributed by atoms with Gasteiger partial charge in [0.15, 0.2) is 5.78 Å². The van der Waals surface area contributed by atoms with E-state index < -0.39 is 11.2 Å². The number of nitriles is 1. The molecule has 7 nitrogen and oxygen atoms in total. The van der Waals surface area contributed by atoms with Gasteiger partial charge in [0.2, 0.25) is 0 Å². The van der Waals surface area contributed by atoms with Crippen LogP contribution in [-0.2, 0) is 0 Å². The standard InChI is InChI=1S/C15H14N4O3/c1-18(2)9-13(20)10-3-5-12(6-4-10)19-8-11(7-16)14(21)17-15(19)22/h3-6,8H,9H2,1-2H3,(H,17,21,22). The van der Waals surface area contributed by atoms with Gasteiger partial charge in [-0.1, -0.05) is 0 Å². The highest BCUT2D eigenvalue weighted by molar-refractivity contribution is 5.97. The van der Waals surface area contributed by atoms with Crippen LogP contribution in [0.5, 0.6) is 0 Å². The molecule has 0 aliphatic rings. The smallest absolute Gasteiger partial charge is 0.302 e. The lowest BCUT2D eigenvalue weighted by molar-refractivity contribution is 0.0958. The Morgan fingerprint density at radius 2 is 1.91 bits per heavy atom. The summed E-state index contributed by atoms with van der Waals surface area (Å²) < 4.78 is 1.15. The SMILES string of the molecule is CN(C)CC(=O)c1ccc(-n2cc(C#N)c(=O)[nH]c2=O)cc1. The maximum absolute atomic E-state index is 11.9. The third kappa shape index (κ3) is 3.19. The molecule has 0 aliphatic carbocycles. The van der Waals surface area contributed by atoms with Crippen molar-refractivity contribution in [3.63, 3.8) is 0 Å². The second-order valence-electron chi connectivity index (χ2n) is 4.99. The maximum Gasteiger partial charge on any atom is 0.332 e. The van der Waals surface area contributed by atoms with Crippen LogP contribution in [0.25, 0.3) is 5.69 Å². The Labute approximate surface area is 126 Å². The van der Waals surface area contributed by atoms with Gasteiger partial charge in [0.1, 0.15) is 11.6 Å². The average molecular weight is 298 g/mol. The van der Waals surface area contributed by atoms with Crippen LogP contribution in [0, 0.1) is 11.3 Å². The summed E-state index contributed by atoms with van der Waals surface area (Å²) in [5.41, 5.74) is -0.542. The Morgan fingerprint density at radius 3 is 2.45 bits per heavy atom. The van der Waals surface area contributed by atoms with Crippen LogP contribution < -0.4 is 11.2 Å². The number of aromatic nitrogens is 2. The Hall–Kier alpha value is -2.98. The lowest BCUT2D eigenvalue weighted by atomic mass is 10.1. The van der Waals surface area contributed by atoms with Gasteiger partial charge in [0.05, 0.1) is 12.2 Å². The molecule has 7 heteroatoms. The number of hydrogen-bond donors (Lipinski definition) is 1. The number of aromatic amines is 1. The van der Waals surface area contributed by atoms with Gasteiger partial charge in [-0.15, -0.1) is 0 Å². The Balaban J connectivity index is 2.40. The zero-order valence-electron chi connectivity index (χ0n) is 12.2. The number of Topliss-reactive ketones (excluding diaryl/α,β-unsaturated/α-hetero) is 1. The van der Waals surface area contributed by atoms with Gasteiger partial charge in [0, 0.05) is 11.8 Å². The Bertz CT molecular complexity index is 854. The van der Waals surface area contributed by atoms with Gasteiger partial charge in [0.25, 0.3) is 5.56 Å². The monoisotopic (exact) mass is 298 g/mol. The first-order valence-corrected chi connectivity index (χ1v) is 6.47. The molecule has 0 spiro atoms. The molecule has 0 atom stereocenters. The van der Waals surface area contributed by atoms with Crippen molar-refractivity contribution in [3.8, 4) is 11.8 Å². The number of H-pyrrole nitrogens is 1. The van der Waals surface area contributed by atoms with E-state index in [0.717, 1.165) is 4.57 Å². The van der Waals surface area contributed by atoms with E-state index in [9.17, 15) is 14.4 Å². The maximum atomic E-state index is 11.9. The quantitative estimate of drug-likeness (QED) is 0.810. The molecular formula is C15H14N4O3. The van der Waals surface area contributed by atoms with Crippen LogP contribution in [0.3, 0.4) is 0 Å². The molecule has 0 amide bonds. The third-order valence-electron chi connectivity index (χ3n) is 2.99. The zero-order chi connectivity index (χ0) is 16.3. The molecule has 0 saturated heterocycles. The fraction of sp³-hybridized carbons (Fsp3) is 0.200. The summed E-state index contributed by atoms with van der Waals surface area (Å²) in [6.45, 7) is 0.288. The molecule has 22 heavy (non-hydrogen) atoms. The fourth-order valence-electron chi connectivity index (χ4n) is 1.93. The van der Waals surface area contributed by atoms with E-state index in [1.165, 1.54) is 6.20 Å². The first-order valence-electron chi connectivity index (χ1n) is 6.47. The van der Waals surface area contributed by atoms with Crippen LogP contribution in [0.1, 0.15) is 15.9 Å². The molecule has 0 bridgehead atoms. The summed E-state index contributed by atoms with van der Waals surface area (Å²) in [5.74, 6) is -0.0388. The van der Waals surface area contributed by atoms with E-state index >= 15 is 0 Å². The molecule has 0 fully saturated rings. The number of likely N-dealkylation sites (N-methyl/N-ethyl adjacent to an activating group) is 1. The molecule has 2 aromatic rings. The highest BCUT2D eigenvalue weighted by Crippen LogP contribution is 2.09. The second kappa shape index (κ2) is 6.20. The van der Waals surface area contributed by atoms with E-state index in [2.05, 4.69) is 4.98 Å². The fourth-order valence-corrected chi connectivity index (χ4v) is 1.93. The molecular weight excluding hydrogens is 284 g/mol. The molecule has 1 aromatic heterocycles. The molecule has 0 saturated carbocycles. The predicted octanol–water partition coefficient (Wildman–Crippen LogP) is 0.142. The molecule has 1 N–H and O–H groups in total. The summed E-state index contributed by atoms with van der Waals surface area (Å²) in [7, 11) is 3.60. The first-order chi connectivity index (χ1) is 10.4. The first kappa shape index (κ1) is 15.4. The van der Waals surface area contributed by atoms with Crippen molar-refractivity contribution < 1.29 is 4.79 Å². The molecule has 1 heterocycles. The minimum Gasteiger partial charge on any atom is -0.302 e. The van der Waals surface area contributed by atoms with Gasteiger partial charge in [-0.3, -0.25) is 19.1 Å². The normalized spacial score (nSPS) is 10.5. The van der Waals surface area contributed by atoms with Gasteiger partial charge in [-0.25, -0.2) is 4.79 Å². The van der Waals surface area contributed by atoms with Crippen molar-refractivity contribution in [2.24, 2.45) is 0 Å². The number of nitrogens with one attached hydrogen (secondary N) is 1. The van der Waals surface area contributed by atoms with E-state index in [4.69, 9.17) is 5.26 Å². The minimum absolute atomic E-state index is 0.0388. The van der Waals surface area contributed by atoms with Crippen molar-refractivity contribution in [2.75, 3.05) is 20.6 Å². The summed E-state index contributed by atoms with van der Waals surface area (Å²) in [6.07, 6.45) is 1.18. The number of carbonyl (C=O) groups excluding carboxylic acids is 1. The van der Waals surface area contributed by atoms with Crippen molar-refractivity contribution >= 4 is 5.78 Å². The lowest BCUT2D eigenvalue weighted by Gasteiger charge is -2.09. The van der Waals surface area contributed by atoms with E-state index in [1.807, 2.05) is 0 Å². The highest BCUT2D eigenvalue weighted by atomic mass is 16.2. The topological polar surface area (TPSA) is 99.0 Å². The number of rotatable bonds is 4. The molecule has 2 rings (SSSR count). The number of nitrogens with zero attached hydrogens (tertiary/aromatic N) is 3. The van der Waals surface area contributed by atoms with E-state index in [1.54, 1.807) is 49.3 Å². The zero-order valence-corrected chi connectivity index (χ0v) is 12.2. The van der Waals surface area contributed by atoms with Crippen molar-refractivity contribution in [3.05, 3.63) is 62.4 Å². The van der Waals surface area contributed by atoms with Gasteiger partial charge in [-0.2, -0.15) is 5.26 Å². The van der Waals surface area contributed by atoms with Crippen LogP contribution in [0.15, 0.2) is 40.1 Å².